The Morgan fingerprint density at radius 1 is 1.28 bits per heavy atom. The van der Waals surface area contributed by atoms with Gasteiger partial charge in [-0.1, -0.05) is 26.0 Å². The number of aryl methyl sites for hydroxylation is 1. The number of halogens is 1. The van der Waals surface area contributed by atoms with E-state index in [0.717, 1.165) is 18.4 Å². The Morgan fingerprint density at radius 3 is 2.33 bits per heavy atom. The van der Waals surface area contributed by atoms with Crippen LogP contribution >= 0.6 is 0 Å². The summed E-state index contributed by atoms with van der Waals surface area (Å²) in [7, 11) is 2.11. The lowest BCUT2D eigenvalue weighted by Gasteiger charge is -2.34. The van der Waals surface area contributed by atoms with E-state index < -0.39 is 0 Å². The van der Waals surface area contributed by atoms with Gasteiger partial charge < -0.3 is 5.73 Å². The lowest BCUT2D eigenvalue weighted by atomic mass is 10.00. The maximum absolute atomic E-state index is 13.3. The minimum absolute atomic E-state index is 0.153. The Balaban J connectivity index is 2.97. The molecule has 1 aromatic carbocycles. The highest BCUT2D eigenvalue weighted by Crippen LogP contribution is 2.24. The minimum atomic E-state index is -0.153. The Kier molecular flexibility index (Phi) is 5.76. The summed E-state index contributed by atoms with van der Waals surface area (Å²) in [6, 6.07) is 5.97. The molecule has 18 heavy (non-hydrogen) atoms. The van der Waals surface area contributed by atoms with Gasteiger partial charge in [0.1, 0.15) is 5.82 Å². The van der Waals surface area contributed by atoms with E-state index in [-0.39, 0.29) is 11.9 Å². The van der Waals surface area contributed by atoms with Crippen LogP contribution in [-0.4, -0.2) is 24.5 Å². The number of rotatable bonds is 6. The number of likely N-dealkylation sites (N-methyl/N-ethyl adjacent to an activating group) is 1. The fourth-order valence-corrected chi connectivity index (χ4v) is 2.53. The summed E-state index contributed by atoms with van der Waals surface area (Å²) >= 11 is 0. The maximum Gasteiger partial charge on any atom is 0.126 e. The first-order valence-corrected chi connectivity index (χ1v) is 6.73. The van der Waals surface area contributed by atoms with Crippen LogP contribution < -0.4 is 5.73 Å². The van der Waals surface area contributed by atoms with Gasteiger partial charge in [0.15, 0.2) is 0 Å². The fourth-order valence-electron chi connectivity index (χ4n) is 2.53. The van der Waals surface area contributed by atoms with Crippen molar-refractivity contribution in [3.05, 3.63) is 35.1 Å². The van der Waals surface area contributed by atoms with E-state index in [0.29, 0.717) is 18.2 Å². The van der Waals surface area contributed by atoms with Gasteiger partial charge in [0.25, 0.3) is 0 Å². The summed E-state index contributed by atoms with van der Waals surface area (Å²) in [6.07, 6.45) is 2.20. The zero-order chi connectivity index (χ0) is 13.7. The number of hydrogen-bond donors (Lipinski definition) is 1. The van der Waals surface area contributed by atoms with Gasteiger partial charge in [-0.05, 0) is 44.0 Å². The first-order chi connectivity index (χ1) is 8.54. The molecule has 0 saturated heterocycles. The van der Waals surface area contributed by atoms with Crippen molar-refractivity contribution in [3.8, 4) is 0 Å². The molecule has 1 atom stereocenters. The van der Waals surface area contributed by atoms with Crippen molar-refractivity contribution in [1.29, 1.82) is 0 Å². The molecule has 102 valence electrons. The van der Waals surface area contributed by atoms with Crippen molar-refractivity contribution in [2.75, 3.05) is 13.6 Å². The standard InChI is InChI=1S/C15H25FN2/c1-5-13(6-2)18(4)15(10-17)12-7-8-14(16)11(3)9-12/h7-9,13,15H,5-6,10,17H2,1-4H3. The molecule has 0 heterocycles. The van der Waals surface area contributed by atoms with Crippen molar-refractivity contribution < 1.29 is 4.39 Å². The zero-order valence-corrected chi connectivity index (χ0v) is 11.9. The third-order valence-corrected chi connectivity index (χ3v) is 3.80. The van der Waals surface area contributed by atoms with Crippen LogP contribution in [0, 0.1) is 12.7 Å². The Hall–Kier alpha value is -0.930. The third-order valence-electron chi connectivity index (χ3n) is 3.80. The predicted octanol–water partition coefficient (Wildman–Crippen LogP) is 3.25. The molecule has 1 aromatic rings. The van der Waals surface area contributed by atoms with Crippen LogP contribution in [0.3, 0.4) is 0 Å². The molecule has 0 radical (unpaired) electrons. The predicted molar refractivity (Wildman–Crippen MR) is 75.1 cm³/mol. The molecule has 2 N–H and O–H groups in total. The molecule has 0 fully saturated rings. The number of benzene rings is 1. The van der Waals surface area contributed by atoms with E-state index in [9.17, 15) is 4.39 Å². The van der Waals surface area contributed by atoms with Crippen LogP contribution in [0.25, 0.3) is 0 Å². The second-order valence-electron chi connectivity index (χ2n) is 4.90. The Labute approximate surface area is 110 Å². The summed E-state index contributed by atoms with van der Waals surface area (Å²) in [6.45, 7) is 6.73. The Bertz CT molecular complexity index is 375. The van der Waals surface area contributed by atoms with Gasteiger partial charge in [-0.3, -0.25) is 4.90 Å². The molecular formula is C15H25FN2. The molecule has 3 heteroatoms. The van der Waals surface area contributed by atoms with Crippen LogP contribution in [0.4, 0.5) is 4.39 Å². The lowest BCUT2D eigenvalue weighted by molar-refractivity contribution is 0.167. The average molecular weight is 252 g/mol. The molecule has 0 saturated carbocycles. The second kappa shape index (κ2) is 6.86. The van der Waals surface area contributed by atoms with Crippen LogP contribution in [-0.2, 0) is 0 Å². The van der Waals surface area contributed by atoms with Crippen LogP contribution in [0.5, 0.6) is 0 Å². The largest absolute Gasteiger partial charge is 0.329 e. The van der Waals surface area contributed by atoms with Crippen LogP contribution in [0.15, 0.2) is 18.2 Å². The quantitative estimate of drug-likeness (QED) is 0.842. The highest BCUT2D eigenvalue weighted by Gasteiger charge is 2.21. The van der Waals surface area contributed by atoms with Gasteiger partial charge in [0.05, 0.1) is 0 Å². The van der Waals surface area contributed by atoms with Crippen molar-refractivity contribution in [2.45, 2.75) is 45.7 Å². The Morgan fingerprint density at radius 2 is 1.89 bits per heavy atom. The normalized spacial score (nSPS) is 13.3. The summed E-state index contributed by atoms with van der Waals surface area (Å²) in [5.41, 5.74) is 7.69. The molecule has 0 bridgehead atoms. The summed E-state index contributed by atoms with van der Waals surface area (Å²) in [5, 5.41) is 0. The molecular weight excluding hydrogens is 227 g/mol. The van der Waals surface area contributed by atoms with E-state index in [1.807, 2.05) is 12.1 Å². The lowest BCUT2D eigenvalue weighted by Crippen LogP contribution is -2.38. The first-order valence-electron chi connectivity index (χ1n) is 6.73. The topological polar surface area (TPSA) is 29.3 Å². The minimum Gasteiger partial charge on any atom is -0.329 e. The van der Waals surface area contributed by atoms with Crippen molar-refractivity contribution in [1.82, 2.24) is 4.90 Å². The van der Waals surface area contributed by atoms with Crippen molar-refractivity contribution >= 4 is 0 Å². The number of nitrogens with two attached hydrogens (primary N) is 1. The number of hydrogen-bond acceptors (Lipinski definition) is 2. The molecule has 0 aromatic heterocycles. The van der Waals surface area contributed by atoms with Crippen LogP contribution in [0.2, 0.25) is 0 Å². The fraction of sp³-hybridized carbons (Fsp3) is 0.600. The van der Waals surface area contributed by atoms with E-state index in [1.54, 1.807) is 6.92 Å². The second-order valence-corrected chi connectivity index (χ2v) is 4.90. The monoisotopic (exact) mass is 252 g/mol. The van der Waals surface area contributed by atoms with Crippen molar-refractivity contribution in [2.24, 2.45) is 5.73 Å². The smallest absolute Gasteiger partial charge is 0.126 e. The molecule has 0 spiro atoms. The average Bonchev–Trinajstić information content (AvgIpc) is 2.36. The SMILES string of the molecule is CCC(CC)N(C)C(CN)c1ccc(F)c(C)c1. The van der Waals surface area contributed by atoms with Gasteiger partial charge in [0.2, 0.25) is 0 Å². The van der Waals surface area contributed by atoms with Gasteiger partial charge in [-0.2, -0.15) is 0 Å². The van der Waals surface area contributed by atoms with Gasteiger partial charge >= 0.3 is 0 Å². The molecule has 1 unspecified atom stereocenters. The molecule has 0 aliphatic rings. The van der Waals surface area contributed by atoms with Gasteiger partial charge in [-0.25, -0.2) is 4.39 Å². The summed E-state index contributed by atoms with van der Waals surface area (Å²) in [4.78, 5) is 2.31. The zero-order valence-electron chi connectivity index (χ0n) is 11.9. The summed E-state index contributed by atoms with van der Waals surface area (Å²) in [5.74, 6) is -0.153. The van der Waals surface area contributed by atoms with E-state index in [2.05, 4.69) is 25.8 Å². The van der Waals surface area contributed by atoms with E-state index >= 15 is 0 Å². The van der Waals surface area contributed by atoms with Gasteiger partial charge in [0, 0.05) is 18.6 Å². The highest BCUT2D eigenvalue weighted by atomic mass is 19.1. The first kappa shape index (κ1) is 15.1. The summed E-state index contributed by atoms with van der Waals surface area (Å²) < 4.78 is 13.3. The van der Waals surface area contributed by atoms with Gasteiger partial charge in [-0.15, -0.1) is 0 Å². The molecule has 0 aliphatic heterocycles. The van der Waals surface area contributed by atoms with Crippen LogP contribution in [0.1, 0.15) is 43.9 Å². The van der Waals surface area contributed by atoms with E-state index in [1.165, 1.54) is 6.07 Å². The molecule has 0 amide bonds. The molecule has 1 rings (SSSR count). The maximum atomic E-state index is 13.3. The number of nitrogens with zero attached hydrogens (tertiary/aromatic N) is 1. The highest BCUT2D eigenvalue weighted by molar-refractivity contribution is 5.27. The van der Waals surface area contributed by atoms with Crippen molar-refractivity contribution in [3.63, 3.8) is 0 Å². The molecule has 2 nitrogen and oxygen atoms in total. The van der Waals surface area contributed by atoms with E-state index in [4.69, 9.17) is 5.73 Å². The molecule has 0 aliphatic carbocycles. The third kappa shape index (κ3) is 3.30.